The molecule has 6 heteroatoms. The van der Waals surface area contributed by atoms with E-state index in [1.165, 1.54) is 6.07 Å². The van der Waals surface area contributed by atoms with Crippen molar-refractivity contribution >= 4 is 5.69 Å². The maximum Gasteiger partial charge on any atom is 0.312 e. The fraction of sp³-hybridized carbons (Fsp3) is 0.273. The molecule has 0 aliphatic rings. The minimum atomic E-state index is -0.429. The summed E-state index contributed by atoms with van der Waals surface area (Å²) in [5.41, 5.74) is 0.727. The van der Waals surface area contributed by atoms with Crippen molar-refractivity contribution in [1.82, 2.24) is 14.5 Å². The maximum atomic E-state index is 11.0. The second-order valence-electron chi connectivity index (χ2n) is 3.62. The van der Waals surface area contributed by atoms with Crippen molar-refractivity contribution in [3.63, 3.8) is 0 Å². The van der Waals surface area contributed by atoms with Crippen molar-refractivity contribution in [1.29, 1.82) is 0 Å². The van der Waals surface area contributed by atoms with Gasteiger partial charge in [-0.1, -0.05) is 6.92 Å². The molecule has 0 spiro atoms. The van der Waals surface area contributed by atoms with Crippen LogP contribution in [0.5, 0.6) is 0 Å². The van der Waals surface area contributed by atoms with E-state index in [0.29, 0.717) is 12.2 Å². The topological polar surface area (TPSA) is 73.8 Å². The smallest absolute Gasteiger partial charge is 0.282 e. The Morgan fingerprint density at radius 1 is 1.47 bits per heavy atom. The quantitative estimate of drug-likeness (QED) is 0.599. The van der Waals surface area contributed by atoms with E-state index in [4.69, 9.17) is 0 Å². The number of nitrogens with zero attached hydrogens (tertiary/aromatic N) is 4. The first-order valence-corrected chi connectivity index (χ1v) is 5.28. The Bertz CT molecular complexity index is 562. The summed E-state index contributed by atoms with van der Waals surface area (Å²) in [6.45, 7) is 3.75. The van der Waals surface area contributed by atoms with Crippen molar-refractivity contribution in [2.24, 2.45) is 0 Å². The molecule has 0 bridgehead atoms. The Labute approximate surface area is 98.1 Å². The zero-order valence-electron chi connectivity index (χ0n) is 9.62. The van der Waals surface area contributed by atoms with Gasteiger partial charge in [-0.3, -0.25) is 14.7 Å². The number of aromatic nitrogens is 3. The Morgan fingerprint density at radius 2 is 2.24 bits per heavy atom. The number of imidazole rings is 1. The van der Waals surface area contributed by atoms with Gasteiger partial charge in [0.15, 0.2) is 0 Å². The lowest BCUT2D eigenvalue weighted by Gasteiger charge is -2.06. The summed E-state index contributed by atoms with van der Waals surface area (Å²) in [5.74, 6) is 1.08. The number of rotatable bonds is 3. The van der Waals surface area contributed by atoms with Crippen LogP contribution in [0.1, 0.15) is 18.4 Å². The molecule has 0 aromatic carbocycles. The molecule has 0 amide bonds. The van der Waals surface area contributed by atoms with E-state index in [1.807, 2.05) is 6.92 Å². The van der Waals surface area contributed by atoms with Crippen LogP contribution < -0.4 is 0 Å². The van der Waals surface area contributed by atoms with E-state index >= 15 is 0 Å². The molecule has 0 unspecified atom stereocenters. The molecule has 0 saturated carbocycles. The summed E-state index contributed by atoms with van der Waals surface area (Å²) >= 11 is 0. The van der Waals surface area contributed by atoms with E-state index in [9.17, 15) is 10.1 Å². The van der Waals surface area contributed by atoms with Gasteiger partial charge in [0, 0.05) is 30.6 Å². The van der Waals surface area contributed by atoms with Crippen LogP contribution in [0.3, 0.4) is 0 Å². The van der Waals surface area contributed by atoms with Gasteiger partial charge >= 0.3 is 5.69 Å². The molecule has 2 aromatic heterocycles. The number of aryl methyl sites for hydroxylation is 2. The molecule has 0 saturated heterocycles. The van der Waals surface area contributed by atoms with Crippen LogP contribution in [-0.4, -0.2) is 19.5 Å². The van der Waals surface area contributed by atoms with Gasteiger partial charge < -0.3 is 0 Å². The second-order valence-corrected chi connectivity index (χ2v) is 3.62. The molecule has 0 fully saturated rings. The first-order chi connectivity index (χ1) is 8.13. The van der Waals surface area contributed by atoms with Crippen LogP contribution >= 0.6 is 0 Å². The van der Waals surface area contributed by atoms with Crippen LogP contribution in [-0.2, 0) is 6.42 Å². The molecule has 17 heavy (non-hydrogen) atoms. The number of hydrogen-bond acceptors (Lipinski definition) is 4. The highest BCUT2D eigenvalue weighted by Gasteiger charge is 2.18. The lowest BCUT2D eigenvalue weighted by Crippen LogP contribution is -2.06. The number of hydrogen-bond donors (Lipinski definition) is 0. The number of nitro groups is 1. The van der Waals surface area contributed by atoms with Crippen molar-refractivity contribution in [3.8, 4) is 5.82 Å². The third-order valence-corrected chi connectivity index (χ3v) is 2.45. The van der Waals surface area contributed by atoms with Crippen LogP contribution in [0.25, 0.3) is 5.82 Å². The summed E-state index contributed by atoms with van der Waals surface area (Å²) in [6, 6.07) is 3.10. The maximum absolute atomic E-state index is 11.0. The standard InChI is InChI=1S/C11H12N4O2/c1-3-10-12-6-7-14(10)11-9(15(16)17)5-4-8(2)13-11/h4-7H,3H2,1-2H3. The van der Waals surface area contributed by atoms with Gasteiger partial charge in [0.05, 0.1) is 4.92 Å². The summed E-state index contributed by atoms with van der Waals surface area (Å²) < 4.78 is 1.66. The van der Waals surface area contributed by atoms with Gasteiger partial charge in [-0.05, 0) is 13.0 Å². The zero-order chi connectivity index (χ0) is 12.4. The van der Waals surface area contributed by atoms with Gasteiger partial charge in [-0.15, -0.1) is 0 Å². The van der Waals surface area contributed by atoms with E-state index in [2.05, 4.69) is 9.97 Å². The van der Waals surface area contributed by atoms with E-state index in [0.717, 1.165) is 11.5 Å². The SMILES string of the molecule is CCc1nccn1-c1nc(C)ccc1[N+](=O)[O-]. The van der Waals surface area contributed by atoms with Gasteiger partial charge in [-0.2, -0.15) is 0 Å². The highest BCUT2D eigenvalue weighted by Crippen LogP contribution is 2.22. The predicted octanol–water partition coefficient (Wildman–Crippen LogP) is 2.05. The van der Waals surface area contributed by atoms with Crippen LogP contribution in [0.15, 0.2) is 24.5 Å². The largest absolute Gasteiger partial charge is 0.312 e. The second kappa shape index (κ2) is 4.32. The highest BCUT2D eigenvalue weighted by molar-refractivity contribution is 5.48. The first-order valence-electron chi connectivity index (χ1n) is 5.28. The molecule has 0 aliphatic carbocycles. The van der Waals surface area contributed by atoms with Crippen LogP contribution in [0, 0.1) is 17.0 Å². The van der Waals surface area contributed by atoms with Gasteiger partial charge in [-0.25, -0.2) is 9.97 Å². The van der Waals surface area contributed by atoms with Crippen LogP contribution in [0.2, 0.25) is 0 Å². The molecule has 6 nitrogen and oxygen atoms in total. The third-order valence-electron chi connectivity index (χ3n) is 2.45. The van der Waals surface area contributed by atoms with Crippen molar-refractivity contribution in [2.45, 2.75) is 20.3 Å². The summed E-state index contributed by atoms with van der Waals surface area (Å²) in [5, 5.41) is 11.0. The van der Waals surface area contributed by atoms with Gasteiger partial charge in [0.25, 0.3) is 0 Å². The molecule has 0 atom stereocenters. The third kappa shape index (κ3) is 2.01. The normalized spacial score (nSPS) is 10.5. The van der Waals surface area contributed by atoms with Gasteiger partial charge in [0.1, 0.15) is 5.82 Å². The molecule has 0 N–H and O–H groups in total. The molecule has 0 aliphatic heterocycles. The fourth-order valence-corrected chi connectivity index (χ4v) is 1.64. The van der Waals surface area contributed by atoms with Crippen molar-refractivity contribution in [2.75, 3.05) is 0 Å². The van der Waals surface area contributed by atoms with Gasteiger partial charge in [0.2, 0.25) is 5.82 Å². The Balaban J connectivity index is 2.65. The molecule has 2 rings (SSSR count). The summed E-state index contributed by atoms with van der Waals surface area (Å²) in [4.78, 5) is 18.9. The summed E-state index contributed by atoms with van der Waals surface area (Å²) in [6.07, 6.45) is 4.00. The van der Waals surface area contributed by atoms with E-state index in [-0.39, 0.29) is 5.69 Å². The molecular formula is C11H12N4O2. The predicted molar refractivity (Wildman–Crippen MR) is 62.1 cm³/mol. The summed E-state index contributed by atoms with van der Waals surface area (Å²) in [7, 11) is 0. The average molecular weight is 232 g/mol. The Kier molecular flexibility index (Phi) is 2.86. The fourth-order valence-electron chi connectivity index (χ4n) is 1.64. The highest BCUT2D eigenvalue weighted by atomic mass is 16.6. The molecule has 2 aromatic rings. The lowest BCUT2D eigenvalue weighted by molar-refractivity contribution is -0.384. The monoisotopic (exact) mass is 232 g/mol. The lowest BCUT2D eigenvalue weighted by atomic mass is 10.3. The Morgan fingerprint density at radius 3 is 2.88 bits per heavy atom. The molecular weight excluding hydrogens is 220 g/mol. The molecule has 2 heterocycles. The van der Waals surface area contributed by atoms with Crippen molar-refractivity contribution < 1.29 is 4.92 Å². The first kappa shape index (κ1) is 11.3. The number of pyridine rings is 1. The molecule has 0 radical (unpaired) electrons. The van der Waals surface area contributed by atoms with E-state index < -0.39 is 4.92 Å². The minimum absolute atomic E-state index is 0.0108. The zero-order valence-corrected chi connectivity index (χ0v) is 9.62. The minimum Gasteiger partial charge on any atom is -0.282 e. The molecule has 88 valence electrons. The van der Waals surface area contributed by atoms with Crippen molar-refractivity contribution in [3.05, 3.63) is 46.2 Å². The van der Waals surface area contributed by atoms with E-state index in [1.54, 1.807) is 30.0 Å². The van der Waals surface area contributed by atoms with Crippen LogP contribution in [0.4, 0.5) is 5.69 Å². The Hall–Kier alpha value is -2.24. The average Bonchev–Trinajstić information content (AvgIpc) is 2.76.